The van der Waals surface area contributed by atoms with E-state index in [1.807, 2.05) is 7.05 Å². The van der Waals surface area contributed by atoms with Crippen molar-refractivity contribution in [3.8, 4) is 0 Å². The van der Waals surface area contributed by atoms with Crippen molar-refractivity contribution in [1.29, 1.82) is 0 Å². The molecule has 0 radical (unpaired) electrons. The van der Waals surface area contributed by atoms with Crippen LogP contribution < -0.4 is 5.32 Å². The van der Waals surface area contributed by atoms with Crippen LogP contribution in [0.25, 0.3) is 0 Å². The lowest BCUT2D eigenvalue weighted by Crippen LogP contribution is -2.41. The molecule has 90 valence electrons. The van der Waals surface area contributed by atoms with Crippen LogP contribution in [-0.4, -0.2) is 39.0 Å². The molecule has 0 saturated carbocycles. The molecule has 0 amide bonds. The molecule has 0 aromatic rings. The summed E-state index contributed by atoms with van der Waals surface area (Å²) in [5.74, 6) is 0.622. The van der Waals surface area contributed by atoms with E-state index in [1.165, 1.54) is 6.42 Å². The summed E-state index contributed by atoms with van der Waals surface area (Å²) in [6.45, 7) is 6.93. The maximum absolute atomic E-state index is 5.71. The van der Waals surface area contributed by atoms with Crippen molar-refractivity contribution in [2.75, 3.05) is 26.9 Å². The molecule has 3 heteroatoms. The first-order valence-corrected chi connectivity index (χ1v) is 6.20. The molecule has 0 aliphatic carbocycles. The molecule has 3 atom stereocenters. The van der Waals surface area contributed by atoms with E-state index in [4.69, 9.17) is 9.47 Å². The van der Waals surface area contributed by atoms with Gasteiger partial charge in [0.2, 0.25) is 0 Å². The number of hydrogen-bond donors (Lipinski definition) is 1. The second-order valence-electron chi connectivity index (χ2n) is 4.24. The van der Waals surface area contributed by atoms with Crippen molar-refractivity contribution in [3.05, 3.63) is 0 Å². The number of nitrogens with one attached hydrogen (secondary N) is 1. The Kier molecular flexibility index (Phi) is 6.22. The lowest BCUT2D eigenvalue weighted by Gasteiger charge is -2.26. The van der Waals surface area contributed by atoms with Crippen molar-refractivity contribution in [1.82, 2.24) is 5.32 Å². The quantitative estimate of drug-likeness (QED) is 0.657. The molecule has 3 nitrogen and oxygen atoms in total. The molecule has 0 aromatic carbocycles. The number of likely N-dealkylation sites (N-methyl/N-ethyl adjacent to an activating group) is 1. The van der Waals surface area contributed by atoms with E-state index in [0.717, 1.165) is 32.7 Å². The van der Waals surface area contributed by atoms with Crippen LogP contribution in [0.5, 0.6) is 0 Å². The molecule has 1 heterocycles. The molecule has 1 N–H and O–H groups in total. The topological polar surface area (TPSA) is 30.5 Å². The Labute approximate surface area is 93.5 Å². The first-order chi connectivity index (χ1) is 7.33. The first-order valence-electron chi connectivity index (χ1n) is 6.20. The van der Waals surface area contributed by atoms with Crippen LogP contribution in [0.4, 0.5) is 0 Å². The summed E-state index contributed by atoms with van der Waals surface area (Å²) < 4.78 is 11.3. The lowest BCUT2D eigenvalue weighted by atomic mass is 9.92. The predicted molar refractivity (Wildman–Crippen MR) is 62.1 cm³/mol. The number of rotatable bonds is 7. The Hall–Kier alpha value is -0.120. The second-order valence-corrected chi connectivity index (χ2v) is 4.24. The van der Waals surface area contributed by atoms with E-state index in [9.17, 15) is 0 Å². The number of ether oxygens (including phenoxy) is 2. The van der Waals surface area contributed by atoms with E-state index in [-0.39, 0.29) is 0 Å². The summed E-state index contributed by atoms with van der Waals surface area (Å²) in [4.78, 5) is 0. The highest BCUT2D eigenvalue weighted by molar-refractivity contribution is 4.85. The highest BCUT2D eigenvalue weighted by Crippen LogP contribution is 2.26. The van der Waals surface area contributed by atoms with Gasteiger partial charge in [0.1, 0.15) is 0 Å². The Morgan fingerprint density at radius 3 is 2.87 bits per heavy atom. The molecule has 15 heavy (non-hydrogen) atoms. The van der Waals surface area contributed by atoms with Crippen LogP contribution in [0, 0.1) is 5.92 Å². The SMILES string of the molecule is CCCOCC(NC)C1CCOC1CC. The lowest BCUT2D eigenvalue weighted by molar-refractivity contribution is 0.0504. The van der Waals surface area contributed by atoms with Gasteiger partial charge in [-0.3, -0.25) is 0 Å². The highest BCUT2D eigenvalue weighted by Gasteiger charge is 2.32. The molecule has 1 saturated heterocycles. The van der Waals surface area contributed by atoms with Crippen LogP contribution in [-0.2, 0) is 9.47 Å². The van der Waals surface area contributed by atoms with Crippen LogP contribution in [0.2, 0.25) is 0 Å². The van der Waals surface area contributed by atoms with Gasteiger partial charge in [0.15, 0.2) is 0 Å². The fourth-order valence-electron chi connectivity index (χ4n) is 2.32. The molecule has 0 bridgehead atoms. The van der Waals surface area contributed by atoms with E-state index in [0.29, 0.717) is 18.1 Å². The zero-order valence-corrected chi connectivity index (χ0v) is 10.3. The molecule has 0 aromatic heterocycles. The summed E-state index contributed by atoms with van der Waals surface area (Å²) in [5.41, 5.74) is 0. The molecular formula is C12H25NO2. The average molecular weight is 215 g/mol. The maximum Gasteiger partial charge on any atom is 0.0623 e. The molecule has 1 aliphatic heterocycles. The predicted octanol–water partition coefficient (Wildman–Crippen LogP) is 1.82. The van der Waals surface area contributed by atoms with Gasteiger partial charge in [0, 0.05) is 25.2 Å². The molecular weight excluding hydrogens is 190 g/mol. The van der Waals surface area contributed by atoms with Gasteiger partial charge < -0.3 is 14.8 Å². The highest BCUT2D eigenvalue weighted by atomic mass is 16.5. The Bertz CT molecular complexity index is 164. The molecule has 3 unspecified atom stereocenters. The molecule has 0 spiro atoms. The van der Waals surface area contributed by atoms with Crippen LogP contribution >= 0.6 is 0 Å². The minimum atomic E-state index is 0.424. The van der Waals surface area contributed by atoms with Crippen molar-refractivity contribution in [2.24, 2.45) is 5.92 Å². The van der Waals surface area contributed by atoms with E-state index in [2.05, 4.69) is 19.2 Å². The van der Waals surface area contributed by atoms with Gasteiger partial charge in [-0.1, -0.05) is 13.8 Å². The van der Waals surface area contributed by atoms with Gasteiger partial charge in [0.05, 0.1) is 12.7 Å². The summed E-state index contributed by atoms with van der Waals surface area (Å²) in [6.07, 6.45) is 3.79. The van der Waals surface area contributed by atoms with Gasteiger partial charge in [-0.05, 0) is 26.3 Å². The largest absolute Gasteiger partial charge is 0.380 e. The monoisotopic (exact) mass is 215 g/mol. The van der Waals surface area contributed by atoms with Crippen molar-refractivity contribution in [2.45, 2.75) is 45.3 Å². The summed E-state index contributed by atoms with van der Waals surface area (Å²) >= 11 is 0. The van der Waals surface area contributed by atoms with Crippen molar-refractivity contribution < 1.29 is 9.47 Å². The fourth-order valence-corrected chi connectivity index (χ4v) is 2.32. The van der Waals surface area contributed by atoms with Crippen LogP contribution in [0.3, 0.4) is 0 Å². The Morgan fingerprint density at radius 1 is 1.47 bits per heavy atom. The van der Waals surface area contributed by atoms with Gasteiger partial charge in [-0.2, -0.15) is 0 Å². The first kappa shape index (κ1) is 12.9. The average Bonchev–Trinajstić information content (AvgIpc) is 2.72. The van der Waals surface area contributed by atoms with Crippen molar-refractivity contribution >= 4 is 0 Å². The smallest absolute Gasteiger partial charge is 0.0623 e. The third-order valence-corrected chi connectivity index (χ3v) is 3.20. The second kappa shape index (κ2) is 7.20. The Balaban J connectivity index is 2.35. The fraction of sp³-hybridized carbons (Fsp3) is 1.00. The van der Waals surface area contributed by atoms with E-state index < -0.39 is 0 Å². The van der Waals surface area contributed by atoms with Crippen LogP contribution in [0.1, 0.15) is 33.1 Å². The van der Waals surface area contributed by atoms with Crippen molar-refractivity contribution in [3.63, 3.8) is 0 Å². The molecule has 1 aliphatic rings. The van der Waals surface area contributed by atoms with Gasteiger partial charge >= 0.3 is 0 Å². The zero-order valence-electron chi connectivity index (χ0n) is 10.3. The van der Waals surface area contributed by atoms with Crippen LogP contribution in [0.15, 0.2) is 0 Å². The summed E-state index contributed by atoms with van der Waals surface area (Å²) in [6, 6.07) is 0.448. The molecule has 1 fully saturated rings. The summed E-state index contributed by atoms with van der Waals surface area (Å²) in [5, 5.41) is 3.36. The standard InChI is InChI=1S/C12H25NO2/c1-4-7-14-9-11(13-3)10-6-8-15-12(10)5-2/h10-13H,4-9H2,1-3H3. The van der Waals surface area contributed by atoms with E-state index >= 15 is 0 Å². The van der Waals surface area contributed by atoms with E-state index in [1.54, 1.807) is 0 Å². The van der Waals surface area contributed by atoms with Gasteiger partial charge in [-0.15, -0.1) is 0 Å². The Morgan fingerprint density at radius 2 is 2.27 bits per heavy atom. The van der Waals surface area contributed by atoms with Gasteiger partial charge in [-0.25, -0.2) is 0 Å². The summed E-state index contributed by atoms with van der Waals surface area (Å²) in [7, 11) is 2.02. The molecule has 1 rings (SSSR count). The number of hydrogen-bond acceptors (Lipinski definition) is 3. The minimum absolute atomic E-state index is 0.424. The zero-order chi connectivity index (χ0) is 11.1. The maximum atomic E-state index is 5.71. The van der Waals surface area contributed by atoms with Gasteiger partial charge in [0.25, 0.3) is 0 Å². The third-order valence-electron chi connectivity index (χ3n) is 3.20. The normalized spacial score (nSPS) is 28.2. The minimum Gasteiger partial charge on any atom is -0.380 e. The third kappa shape index (κ3) is 3.74.